The Bertz CT molecular complexity index is 1280. The first kappa shape index (κ1) is 22.9. The van der Waals surface area contributed by atoms with E-state index in [0.29, 0.717) is 40.4 Å². The highest BCUT2D eigenvalue weighted by atomic mass is 16.1. The standard InChI is InChI=1S/C27H33N7O2/c35-17-19-15-22(19)18-9-13-33(14-10-18)21-7-5-20(6-8-21)29-25-24-23(16-28-32-26(24)36)30-27(31-25)34-11-3-1-2-4-12-34/h5-8,16-19,22H,1-4,9-15H2,(H,32,36)(H,29,30,31). The van der Waals surface area contributed by atoms with Crippen LogP contribution in [0.15, 0.2) is 35.3 Å². The lowest BCUT2D eigenvalue weighted by molar-refractivity contribution is -0.109. The second kappa shape index (κ2) is 9.87. The predicted octanol–water partition coefficient (Wildman–Crippen LogP) is 3.89. The molecule has 4 heterocycles. The summed E-state index contributed by atoms with van der Waals surface area (Å²) < 4.78 is 0. The van der Waals surface area contributed by atoms with Gasteiger partial charge in [0, 0.05) is 43.5 Å². The molecule has 0 amide bonds. The highest BCUT2D eigenvalue weighted by Gasteiger charge is 2.43. The number of aromatic amines is 1. The van der Waals surface area contributed by atoms with Gasteiger partial charge in [0.25, 0.3) is 5.56 Å². The summed E-state index contributed by atoms with van der Waals surface area (Å²) in [5, 5.41) is 10.3. The number of nitrogens with zero attached hydrogens (tertiary/aromatic N) is 5. The van der Waals surface area contributed by atoms with E-state index in [1.54, 1.807) is 6.20 Å². The summed E-state index contributed by atoms with van der Waals surface area (Å²) in [7, 11) is 0. The molecule has 36 heavy (non-hydrogen) atoms. The number of piperidine rings is 1. The number of anilines is 4. The summed E-state index contributed by atoms with van der Waals surface area (Å²) in [6.45, 7) is 3.89. The molecule has 6 rings (SSSR count). The highest BCUT2D eigenvalue weighted by Crippen LogP contribution is 2.47. The van der Waals surface area contributed by atoms with Gasteiger partial charge in [-0.25, -0.2) is 10.1 Å². The molecule has 3 fully saturated rings. The topological polar surface area (TPSA) is 107 Å². The number of carbonyl (C=O) groups is 1. The van der Waals surface area contributed by atoms with Crippen LogP contribution in [0, 0.1) is 17.8 Å². The number of nitrogens with one attached hydrogen (secondary N) is 2. The molecule has 2 N–H and O–H groups in total. The zero-order chi connectivity index (χ0) is 24.5. The Morgan fingerprint density at radius 2 is 1.69 bits per heavy atom. The quantitative estimate of drug-likeness (QED) is 0.505. The predicted molar refractivity (Wildman–Crippen MR) is 141 cm³/mol. The molecule has 0 radical (unpaired) electrons. The molecule has 0 spiro atoms. The van der Waals surface area contributed by atoms with Gasteiger partial charge >= 0.3 is 0 Å². The van der Waals surface area contributed by atoms with Crippen LogP contribution < -0.4 is 20.7 Å². The second-order valence-corrected chi connectivity index (χ2v) is 10.4. The van der Waals surface area contributed by atoms with Crippen LogP contribution in [0.25, 0.3) is 10.9 Å². The van der Waals surface area contributed by atoms with Crippen molar-refractivity contribution in [3.05, 3.63) is 40.8 Å². The summed E-state index contributed by atoms with van der Waals surface area (Å²) >= 11 is 0. The smallest absolute Gasteiger partial charge is 0.277 e. The van der Waals surface area contributed by atoms with Crippen LogP contribution in [0.5, 0.6) is 0 Å². The third-order valence-corrected chi connectivity index (χ3v) is 8.10. The molecular formula is C27H33N7O2. The first-order valence-electron chi connectivity index (χ1n) is 13.3. The zero-order valence-electron chi connectivity index (χ0n) is 20.5. The number of rotatable bonds is 6. The lowest BCUT2D eigenvalue weighted by atomic mass is 9.91. The molecule has 1 aromatic carbocycles. The number of hydrogen-bond acceptors (Lipinski definition) is 8. The van der Waals surface area contributed by atoms with Crippen molar-refractivity contribution in [3.63, 3.8) is 0 Å². The number of H-pyrrole nitrogens is 1. The lowest BCUT2D eigenvalue weighted by Crippen LogP contribution is -2.34. The van der Waals surface area contributed by atoms with E-state index in [4.69, 9.17) is 4.98 Å². The van der Waals surface area contributed by atoms with Gasteiger partial charge in [-0.05, 0) is 68.2 Å². The van der Waals surface area contributed by atoms with E-state index in [-0.39, 0.29) is 5.56 Å². The number of hydrogen-bond donors (Lipinski definition) is 2. The Morgan fingerprint density at radius 3 is 2.39 bits per heavy atom. The number of benzene rings is 1. The Morgan fingerprint density at radius 1 is 0.944 bits per heavy atom. The maximum Gasteiger partial charge on any atom is 0.277 e. The fourth-order valence-corrected chi connectivity index (χ4v) is 5.91. The zero-order valence-corrected chi connectivity index (χ0v) is 20.5. The second-order valence-electron chi connectivity index (χ2n) is 10.4. The summed E-state index contributed by atoms with van der Waals surface area (Å²) in [5.41, 5.74) is 2.31. The third-order valence-electron chi connectivity index (χ3n) is 8.10. The maximum absolute atomic E-state index is 12.6. The van der Waals surface area contributed by atoms with Gasteiger partial charge < -0.3 is 19.9 Å². The van der Waals surface area contributed by atoms with E-state index in [9.17, 15) is 9.59 Å². The molecule has 2 aliphatic heterocycles. The van der Waals surface area contributed by atoms with Gasteiger partial charge in [0.05, 0.1) is 6.20 Å². The highest BCUT2D eigenvalue weighted by molar-refractivity contribution is 5.90. The van der Waals surface area contributed by atoms with Gasteiger partial charge in [-0.2, -0.15) is 10.1 Å². The molecule has 2 saturated heterocycles. The Labute approximate surface area is 210 Å². The monoisotopic (exact) mass is 487 g/mol. The van der Waals surface area contributed by atoms with E-state index < -0.39 is 0 Å². The Kier molecular flexibility index (Phi) is 6.29. The minimum atomic E-state index is -0.301. The average Bonchev–Trinajstić information content (AvgIpc) is 3.73. The number of aromatic nitrogens is 4. The van der Waals surface area contributed by atoms with Crippen molar-refractivity contribution < 1.29 is 4.79 Å². The molecule has 1 aliphatic carbocycles. The fourth-order valence-electron chi connectivity index (χ4n) is 5.91. The lowest BCUT2D eigenvalue weighted by Gasteiger charge is -2.34. The summed E-state index contributed by atoms with van der Waals surface area (Å²) in [4.78, 5) is 37.8. The van der Waals surface area contributed by atoms with Crippen LogP contribution in [-0.2, 0) is 4.79 Å². The van der Waals surface area contributed by atoms with Gasteiger partial charge in [-0.1, -0.05) is 12.8 Å². The summed E-state index contributed by atoms with van der Waals surface area (Å²) in [5.74, 6) is 2.77. The van der Waals surface area contributed by atoms with E-state index in [0.717, 1.165) is 70.3 Å². The maximum atomic E-state index is 12.6. The summed E-state index contributed by atoms with van der Waals surface area (Å²) in [6.07, 6.45) is 10.8. The minimum Gasteiger partial charge on any atom is -0.372 e. The molecule has 1 saturated carbocycles. The van der Waals surface area contributed by atoms with Gasteiger partial charge in [0.15, 0.2) is 0 Å². The van der Waals surface area contributed by atoms with Crippen molar-refractivity contribution >= 4 is 40.3 Å². The van der Waals surface area contributed by atoms with E-state index in [1.165, 1.54) is 18.5 Å². The van der Waals surface area contributed by atoms with Crippen LogP contribution in [0.1, 0.15) is 44.9 Å². The van der Waals surface area contributed by atoms with Crippen molar-refractivity contribution in [1.29, 1.82) is 0 Å². The van der Waals surface area contributed by atoms with Crippen molar-refractivity contribution in [2.24, 2.45) is 17.8 Å². The van der Waals surface area contributed by atoms with Crippen LogP contribution >= 0.6 is 0 Å². The molecule has 2 aromatic heterocycles. The van der Waals surface area contributed by atoms with E-state index >= 15 is 0 Å². The van der Waals surface area contributed by atoms with Crippen LogP contribution in [-0.4, -0.2) is 52.6 Å². The summed E-state index contributed by atoms with van der Waals surface area (Å²) in [6, 6.07) is 8.33. The molecule has 9 heteroatoms. The molecule has 3 aromatic rings. The first-order chi connectivity index (χ1) is 17.7. The SMILES string of the molecule is O=CC1CC1C1CCN(c2ccc(Nc3nc(N4CCCCCC4)nc4cn[nH]c(=O)c34)cc2)CC1. The number of carbonyl (C=O) groups excluding carboxylic acids is 1. The molecular weight excluding hydrogens is 454 g/mol. The molecule has 188 valence electrons. The van der Waals surface area contributed by atoms with Gasteiger partial charge in [0.2, 0.25) is 5.95 Å². The van der Waals surface area contributed by atoms with Crippen molar-refractivity contribution in [1.82, 2.24) is 20.2 Å². The number of aldehydes is 1. The Balaban J connectivity index is 1.20. The fraction of sp³-hybridized carbons (Fsp3) is 0.519. The average molecular weight is 488 g/mol. The Hall–Kier alpha value is -3.49. The van der Waals surface area contributed by atoms with Crippen molar-refractivity contribution in [2.75, 3.05) is 41.3 Å². The third kappa shape index (κ3) is 4.66. The van der Waals surface area contributed by atoms with Gasteiger partial charge in [-0.15, -0.1) is 0 Å². The normalized spacial score (nSPS) is 22.9. The molecule has 0 bridgehead atoms. The molecule has 2 atom stereocenters. The first-order valence-corrected chi connectivity index (χ1v) is 13.3. The van der Waals surface area contributed by atoms with Crippen LogP contribution in [0.3, 0.4) is 0 Å². The van der Waals surface area contributed by atoms with Gasteiger partial charge in [-0.3, -0.25) is 4.79 Å². The number of fused-ring (bicyclic) bond motifs is 1. The van der Waals surface area contributed by atoms with E-state index in [2.05, 4.69) is 42.4 Å². The molecule has 3 aliphatic rings. The van der Waals surface area contributed by atoms with Crippen molar-refractivity contribution in [2.45, 2.75) is 44.9 Å². The molecule has 2 unspecified atom stereocenters. The van der Waals surface area contributed by atoms with Crippen LogP contribution in [0.2, 0.25) is 0 Å². The van der Waals surface area contributed by atoms with Gasteiger partial charge in [0.1, 0.15) is 23.0 Å². The van der Waals surface area contributed by atoms with Crippen LogP contribution in [0.4, 0.5) is 23.1 Å². The van der Waals surface area contributed by atoms with E-state index in [1.807, 2.05) is 12.1 Å². The minimum absolute atomic E-state index is 0.301. The molecule has 9 nitrogen and oxygen atoms in total. The largest absolute Gasteiger partial charge is 0.372 e. The van der Waals surface area contributed by atoms with Crippen molar-refractivity contribution in [3.8, 4) is 0 Å².